The van der Waals surface area contributed by atoms with Gasteiger partial charge in [-0.15, -0.1) is 0 Å². The highest BCUT2D eigenvalue weighted by Crippen LogP contribution is 2.35. The van der Waals surface area contributed by atoms with Gasteiger partial charge in [-0.25, -0.2) is 4.57 Å². The van der Waals surface area contributed by atoms with Gasteiger partial charge in [-0.2, -0.15) is 0 Å². The lowest BCUT2D eigenvalue weighted by Crippen LogP contribution is -2.25. The van der Waals surface area contributed by atoms with Crippen LogP contribution in [0.5, 0.6) is 0 Å². The molecule has 23 heavy (non-hydrogen) atoms. The summed E-state index contributed by atoms with van der Waals surface area (Å²) in [5, 5.41) is 4.08. The van der Waals surface area contributed by atoms with Crippen LogP contribution in [0.3, 0.4) is 0 Å². The van der Waals surface area contributed by atoms with Crippen LogP contribution in [0, 0.1) is 0 Å². The molecule has 3 N–H and O–H groups in total. The molecule has 0 unspecified atom stereocenters. The highest BCUT2D eigenvalue weighted by Gasteiger charge is 2.12. The van der Waals surface area contributed by atoms with Crippen molar-refractivity contribution in [3.8, 4) is 0 Å². The minimum atomic E-state index is -4.40. The van der Waals surface area contributed by atoms with E-state index >= 15 is 0 Å². The second-order valence-electron chi connectivity index (χ2n) is 4.72. The monoisotopic (exact) mass is 356 g/mol. The van der Waals surface area contributed by atoms with E-state index in [0.717, 1.165) is 16.5 Å². The van der Waals surface area contributed by atoms with Crippen LogP contribution in [0.4, 0.5) is 0 Å². The maximum absolute atomic E-state index is 10.5. The summed E-state index contributed by atoms with van der Waals surface area (Å²) in [6, 6.07) is 9.77. The Morgan fingerprint density at radius 3 is 2.91 bits per heavy atom. The van der Waals surface area contributed by atoms with Crippen molar-refractivity contribution in [1.29, 1.82) is 0 Å². The van der Waals surface area contributed by atoms with E-state index in [1.165, 1.54) is 0 Å². The molecule has 0 aliphatic heterocycles. The molecule has 124 valence electrons. The molecule has 0 spiro atoms. The van der Waals surface area contributed by atoms with Crippen molar-refractivity contribution in [3.63, 3.8) is 0 Å². The first-order valence-corrected chi connectivity index (χ1v) is 8.82. The van der Waals surface area contributed by atoms with Gasteiger partial charge in [0, 0.05) is 23.7 Å². The summed E-state index contributed by atoms with van der Waals surface area (Å²) in [5.74, 6) is 0. The summed E-state index contributed by atoms with van der Waals surface area (Å²) in [5.41, 5.74) is 1.82. The van der Waals surface area contributed by atoms with Gasteiger partial charge in [-0.3, -0.25) is 9.51 Å². The largest absolute Gasteiger partial charge is 0.469 e. The zero-order valence-corrected chi connectivity index (χ0v) is 13.9. The highest BCUT2D eigenvalue weighted by atomic mass is 32.1. The Morgan fingerprint density at radius 2 is 2.13 bits per heavy atom. The number of ether oxygens (including phenoxy) is 1. The summed E-state index contributed by atoms with van der Waals surface area (Å²) >= 11 is 5.02. The number of hydrogen-bond donors (Lipinski definition) is 3. The van der Waals surface area contributed by atoms with Crippen LogP contribution in [0.15, 0.2) is 36.5 Å². The van der Waals surface area contributed by atoms with Gasteiger partial charge in [0.25, 0.3) is 5.17 Å². The number of fused-ring (bicyclic) bond motifs is 1. The predicted molar refractivity (Wildman–Crippen MR) is 89.7 cm³/mol. The van der Waals surface area contributed by atoms with Crippen molar-refractivity contribution in [3.05, 3.63) is 42.1 Å². The van der Waals surface area contributed by atoms with E-state index in [-0.39, 0.29) is 11.8 Å². The van der Waals surface area contributed by atoms with Gasteiger partial charge in [0.05, 0.1) is 12.1 Å². The van der Waals surface area contributed by atoms with Crippen LogP contribution in [0.2, 0.25) is 0 Å². The molecule has 0 bridgehead atoms. The molecular weight excluding hydrogens is 339 g/mol. The van der Waals surface area contributed by atoms with E-state index in [4.69, 9.17) is 26.7 Å². The van der Waals surface area contributed by atoms with Crippen LogP contribution in [0.25, 0.3) is 10.9 Å². The molecule has 0 aliphatic carbocycles. The smallest absolute Gasteiger partial charge is 0.466 e. The van der Waals surface area contributed by atoms with E-state index in [1.54, 1.807) is 6.20 Å². The third kappa shape index (κ3) is 6.60. The number of thiocarbonyl (C=S) groups is 1. The topological polar surface area (TPSA) is 101 Å². The molecule has 2 rings (SSSR count). The highest BCUT2D eigenvalue weighted by molar-refractivity contribution is 7.80. The molecule has 0 atom stereocenters. The first-order valence-electron chi connectivity index (χ1n) is 6.88. The molecule has 0 saturated carbocycles. The van der Waals surface area contributed by atoms with E-state index in [0.29, 0.717) is 19.6 Å². The standard InChI is InChI=1S/C14H17N2O5PS/c17-22(18,19)21-7-3-6-15-14(23)20-10-11-8-12-4-1-2-5-13(12)16-9-11/h1-2,4-5,8-9H,3,6-7,10H2,(H,15,23)(H2,17,18,19). The third-order valence-electron chi connectivity index (χ3n) is 2.87. The van der Waals surface area contributed by atoms with Gasteiger partial charge >= 0.3 is 7.82 Å². The molecule has 2 aromatic rings. The second-order valence-corrected chi connectivity index (χ2v) is 6.33. The average Bonchev–Trinajstić information content (AvgIpc) is 2.51. The van der Waals surface area contributed by atoms with Gasteiger partial charge in [0.15, 0.2) is 0 Å². The summed E-state index contributed by atoms with van der Waals surface area (Å²) in [7, 11) is -4.40. The number of nitrogens with one attached hydrogen (secondary N) is 1. The van der Waals surface area contributed by atoms with Gasteiger partial charge in [-0.05, 0) is 30.8 Å². The fourth-order valence-electron chi connectivity index (χ4n) is 1.84. The lowest BCUT2D eigenvalue weighted by molar-refractivity contribution is 0.195. The molecule has 0 saturated heterocycles. The Kier molecular flexibility index (Phi) is 6.44. The van der Waals surface area contributed by atoms with Crippen LogP contribution < -0.4 is 5.32 Å². The first kappa shape index (κ1) is 17.8. The minimum absolute atomic E-state index is 0.0610. The SMILES string of the molecule is O=P(O)(O)OCCCNC(=S)OCc1cnc2ccccc2c1. The second kappa shape index (κ2) is 8.33. The zero-order valence-electron chi connectivity index (χ0n) is 12.2. The van der Waals surface area contributed by atoms with E-state index in [1.807, 2.05) is 30.3 Å². The number of benzene rings is 1. The molecular formula is C14H17N2O5PS. The zero-order chi connectivity index (χ0) is 16.7. The Labute approximate surface area is 138 Å². The minimum Gasteiger partial charge on any atom is -0.466 e. The molecule has 9 heteroatoms. The van der Waals surface area contributed by atoms with E-state index in [2.05, 4.69) is 14.8 Å². The number of phosphoric ester groups is 1. The Bertz CT molecular complexity index is 721. The summed E-state index contributed by atoms with van der Waals surface area (Å²) in [6.07, 6.45) is 2.13. The Balaban J connectivity index is 1.70. The first-order chi connectivity index (χ1) is 10.9. The molecule has 1 heterocycles. The molecule has 1 aromatic heterocycles. The quantitative estimate of drug-likeness (QED) is 0.394. The molecule has 1 aromatic carbocycles. The van der Waals surface area contributed by atoms with Crippen LogP contribution in [-0.2, 0) is 20.4 Å². The van der Waals surface area contributed by atoms with Crippen LogP contribution in [-0.4, -0.2) is 33.1 Å². The number of phosphoric acid groups is 1. The van der Waals surface area contributed by atoms with Gasteiger partial charge in [0.2, 0.25) is 0 Å². The number of rotatable bonds is 7. The Hall–Kier alpha value is -1.57. The number of para-hydroxylation sites is 1. The van der Waals surface area contributed by atoms with Crippen molar-refractivity contribution < 1.29 is 23.6 Å². The summed E-state index contributed by atoms with van der Waals surface area (Å²) in [6.45, 7) is 0.631. The number of aromatic nitrogens is 1. The fraction of sp³-hybridized carbons (Fsp3) is 0.286. The van der Waals surface area contributed by atoms with Gasteiger partial charge in [-0.1, -0.05) is 18.2 Å². The molecule has 0 amide bonds. The van der Waals surface area contributed by atoms with Crippen molar-refractivity contribution in [1.82, 2.24) is 10.3 Å². The maximum Gasteiger partial charge on any atom is 0.469 e. The van der Waals surface area contributed by atoms with Crippen LogP contribution >= 0.6 is 20.0 Å². The Morgan fingerprint density at radius 1 is 1.35 bits per heavy atom. The lowest BCUT2D eigenvalue weighted by Gasteiger charge is -2.10. The molecule has 0 fully saturated rings. The molecule has 7 nitrogen and oxygen atoms in total. The predicted octanol–water partition coefficient (Wildman–Crippen LogP) is 2.13. The third-order valence-corrected chi connectivity index (χ3v) is 3.65. The van der Waals surface area contributed by atoms with Crippen molar-refractivity contribution in [2.45, 2.75) is 13.0 Å². The van der Waals surface area contributed by atoms with Crippen LogP contribution in [0.1, 0.15) is 12.0 Å². The number of hydrogen-bond acceptors (Lipinski definition) is 5. The van der Waals surface area contributed by atoms with Gasteiger partial charge in [0.1, 0.15) is 6.61 Å². The lowest BCUT2D eigenvalue weighted by atomic mass is 10.2. The van der Waals surface area contributed by atoms with E-state index in [9.17, 15) is 4.57 Å². The average molecular weight is 356 g/mol. The van der Waals surface area contributed by atoms with E-state index < -0.39 is 7.82 Å². The normalized spacial score (nSPS) is 11.4. The molecule has 0 radical (unpaired) electrons. The molecule has 0 aliphatic rings. The summed E-state index contributed by atoms with van der Waals surface area (Å²) < 4.78 is 20.2. The van der Waals surface area contributed by atoms with Crippen molar-refractivity contribution >= 4 is 36.1 Å². The number of nitrogens with zero attached hydrogens (tertiary/aromatic N) is 1. The number of pyridine rings is 1. The maximum atomic E-state index is 10.5. The van der Waals surface area contributed by atoms with Gasteiger partial charge < -0.3 is 19.8 Å². The fourth-order valence-corrected chi connectivity index (χ4v) is 2.37. The van der Waals surface area contributed by atoms with Crippen molar-refractivity contribution in [2.24, 2.45) is 0 Å². The van der Waals surface area contributed by atoms with Crippen molar-refractivity contribution in [2.75, 3.05) is 13.2 Å². The summed E-state index contributed by atoms with van der Waals surface area (Å²) in [4.78, 5) is 21.4.